The fourth-order valence-electron chi connectivity index (χ4n) is 1.49. The van der Waals surface area contributed by atoms with E-state index in [-0.39, 0.29) is 23.0 Å². The van der Waals surface area contributed by atoms with E-state index in [1.54, 1.807) is 31.2 Å². The van der Waals surface area contributed by atoms with Crippen molar-refractivity contribution < 1.29 is 9.59 Å². The van der Waals surface area contributed by atoms with Gasteiger partial charge in [0.25, 0.3) is 5.91 Å². The highest BCUT2D eigenvalue weighted by Crippen LogP contribution is 2.10. The van der Waals surface area contributed by atoms with Gasteiger partial charge < -0.3 is 16.0 Å². The van der Waals surface area contributed by atoms with Crippen molar-refractivity contribution in [3.63, 3.8) is 0 Å². The lowest BCUT2D eigenvalue weighted by atomic mass is 10.1. The zero-order valence-electron chi connectivity index (χ0n) is 12.5. The number of anilines is 1. The largest absolute Gasteiger partial charge is 0.350 e. The Morgan fingerprint density at radius 2 is 1.81 bits per heavy atom. The summed E-state index contributed by atoms with van der Waals surface area (Å²) in [6.07, 6.45) is 1.26. The Labute approximate surface area is 130 Å². The molecule has 0 bridgehead atoms. The van der Waals surface area contributed by atoms with Crippen molar-refractivity contribution >= 4 is 34.8 Å². The van der Waals surface area contributed by atoms with E-state index in [2.05, 4.69) is 16.0 Å². The number of carbonyl (C=O) groups excluding carboxylic acids is 2. The number of benzene rings is 1. The highest BCUT2D eigenvalue weighted by atomic mass is 32.1. The van der Waals surface area contributed by atoms with Gasteiger partial charge in [0.05, 0.1) is 0 Å². The van der Waals surface area contributed by atoms with Crippen LogP contribution in [0.15, 0.2) is 24.3 Å². The van der Waals surface area contributed by atoms with E-state index in [9.17, 15) is 9.59 Å². The summed E-state index contributed by atoms with van der Waals surface area (Å²) in [5.74, 6) is -0.241. The first-order valence-electron chi connectivity index (χ1n) is 6.98. The molecule has 5 nitrogen and oxygen atoms in total. The van der Waals surface area contributed by atoms with Gasteiger partial charge in [-0.1, -0.05) is 13.8 Å². The fraction of sp³-hybridized carbons (Fsp3) is 0.400. The van der Waals surface area contributed by atoms with E-state index in [1.807, 2.05) is 13.8 Å². The number of amides is 2. The van der Waals surface area contributed by atoms with E-state index in [0.29, 0.717) is 12.0 Å². The molecule has 0 saturated carbocycles. The summed E-state index contributed by atoms with van der Waals surface area (Å²) in [7, 11) is 0. The molecule has 0 aliphatic heterocycles. The number of nitrogens with one attached hydrogen (secondary N) is 3. The Balaban J connectivity index is 2.59. The molecule has 2 amide bonds. The van der Waals surface area contributed by atoms with Gasteiger partial charge in [0, 0.05) is 23.7 Å². The van der Waals surface area contributed by atoms with Gasteiger partial charge in [0.2, 0.25) is 5.91 Å². The van der Waals surface area contributed by atoms with Gasteiger partial charge in [-0.3, -0.25) is 9.59 Å². The summed E-state index contributed by atoms with van der Waals surface area (Å²) in [5.41, 5.74) is 1.31. The molecule has 1 atom stereocenters. The predicted octanol–water partition coefficient (Wildman–Crippen LogP) is 2.44. The van der Waals surface area contributed by atoms with Gasteiger partial charge in [-0.25, -0.2) is 0 Å². The Hall–Kier alpha value is -1.95. The number of thiocarbonyl (C=S) groups is 1. The second-order valence-electron chi connectivity index (χ2n) is 4.72. The fourth-order valence-corrected chi connectivity index (χ4v) is 1.72. The summed E-state index contributed by atoms with van der Waals surface area (Å²) in [6.45, 7) is 5.73. The lowest BCUT2D eigenvalue weighted by molar-refractivity contribution is -0.119. The van der Waals surface area contributed by atoms with Crippen LogP contribution in [0.1, 0.15) is 44.0 Å². The molecule has 0 radical (unpaired) electrons. The highest BCUT2D eigenvalue weighted by Gasteiger charge is 2.08. The molecule has 6 heteroatoms. The maximum atomic E-state index is 11.9. The van der Waals surface area contributed by atoms with Gasteiger partial charge in [-0.2, -0.15) is 0 Å². The second-order valence-corrected chi connectivity index (χ2v) is 5.12. The van der Waals surface area contributed by atoms with Crippen molar-refractivity contribution in [2.75, 3.05) is 5.32 Å². The van der Waals surface area contributed by atoms with Crippen LogP contribution in [0.2, 0.25) is 0 Å². The lowest BCUT2D eigenvalue weighted by Crippen LogP contribution is -2.33. The van der Waals surface area contributed by atoms with E-state index in [1.165, 1.54) is 0 Å². The Morgan fingerprint density at radius 3 is 2.33 bits per heavy atom. The number of hydrogen-bond acceptors (Lipinski definition) is 3. The van der Waals surface area contributed by atoms with Crippen molar-refractivity contribution in [3.8, 4) is 0 Å². The molecular weight excluding hydrogens is 286 g/mol. The third-order valence-corrected chi connectivity index (χ3v) is 3.17. The molecular formula is C15H21N3O2S. The van der Waals surface area contributed by atoms with E-state index in [0.717, 1.165) is 12.1 Å². The topological polar surface area (TPSA) is 70.2 Å². The van der Waals surface area contributed by atoms with Gasteiger partial charge in [0.1, 0.15) is 0 Å². The minimum absolute atomic E-state index is 0.0993. The molecule has 1 aromatic carbocycles. The van der Waals surface area contributed by atoms with E-state index < -0.39 is 0 Å². The summed E-state index contributed by atoms with van der Waals surface area (Å²) in [5, 5.41) is 8.59. The Bertz CT molecular complexity index is 514. The first kappa shape index (κ1) is 17.1. The zero-order valence-corrected chi connectivity index (χ0v) is 13.3. The molecule has 114 valence electrons. The zero-order chi connectivity index (χ0) is 15.8. The molecule has 3 N–H and O–H groups in total. The summed E-state index contributed by atoms with van der Waals surface area (Å²) in [6, 6.07) is 7.06. The van der Waals surface area contributed by atoms with Gasteiger partial charge >= 0.3 is 0 Å². The van der Waals surface area contributed by atoms with Crippen LogP contribution in [0.25, 0.3) is 0 Å². The molecule has 0 saturated heterocycles. The van der Waals surface area contributed by atoms with Gasteiger partial charge in [-0.05, 0) is 49.8 Å². The smallest absolute Gasteiger partial charge is 0.251 e. The van der Waals surface area contributed by atoms with Gasteiger partial charge in [0.15, 0.2) is 5.11 Å². The summed E-state index contributed by atoms with van der Waals surface area (Å²) >= 11 is 5.01. The van der Waals surface area contributed by atoms with Crippen molar-refractivity contribution in [2.45, 2.75) is 39.7 Å². The van der Waals surface area contributed by atoms with E-state index >= 15 is 0 Å². The molecule has 1 rings (SSSR count). The van der Waals surface area contributed by atoms with Crippen LogP contribution in [0.5, 0.6) is 0 Å². The molecule has 1 aromatic rings. The maximum Gasteiger partial charge on any atom is 0.251 e. The van der Waals surface area contributed by atoms with Crippen LogP contribution >= 0.6 is 12.2 Å². The van der Waals surface area contributed by atoms with Crippen molar-refractivity contribution in [2.24, 2.45) is 0 Å². The lowest BCUT2D eigenvalue weighted by Gasteiger charge is -2.12. The van der Waals surface area contributed by atoms with Crippen LogP contribution < -0.4 is 16.0 Å². The first-order chi connectivity index (χ1) is 9.96. The van der Waals surface area contributed by atoms with Crippen LogP contribution in [-0.4, -0.2) is 23.0 Å². The van der Waals surface area contributed by atoms with Crippen LogP contribution in [0.4, 0.5) is 5.69 Å². The van der Waals surface area contributed by atoms with Crippen LogP contribution in [0, 0.1) is 0 Å². The SMILES string of the molecule is CCC(=O)NC(=S)Nc1ccc(C(=O)NC(C)CC)cc1. The monoisotopic (exact) mass is 307 g/mol. The number of hydrogen-bond donors (Lipinski definition) is 3. The van der Waals surface area contributed by atoms with E-state index in [4.69, 9.17) is 12.2 Å². The predicted molar refractivity (Wildman–Crippen MR) is 88.3 cm³/mol. The third kappa shape index (κ3) is 5.91. The highest BCUT2D eigenvalue weighted by molar-refractivity contribution is 7.80. The standard InChI is InChI=1S/C15H21N3O2S/c1-4-10(3)16-14(20)11-6-8-12(9-7-11)17-15(21)18-13(19)5-2/h6-10H,4-5H2,1-3H3,(H,16,20)(H2,17,18,19,21). The molecule has 0 spiro atoms. The second kappa shape index (κ2) is 8.36. The number of carbonyl (C=O) groups is 2. The molecule has 0 aliphatic rings. The third-order valence-electron chi connectivity index (χ3n) is 2.97. The first-order valence-corrected chi connectivity index (χ1v) is 7.38. The molecule has 0 aliphatic carbocycles. The van der Waals surface area contributed by atoms with Crippen molar-refractivity contribution in [1.82, 2.24) is 10.6 Å². The summed E-state index contributed by atoms with van der Waals surface area (Å²) < 4.78 is 0. The van der Waals surface area contributed by atoms with Gasteiger partial charge in [-0.15, -0.1) is 0 Å². The minimum Gasteiger partial charge on any atom is -0.350 e. The molecule has 0 fully saturated rings. The minimum atomic E-state index is -0.142. The summed E-state index contributed by atoms with van der Waals surface area (Å²) in [4.78, 5) is 23.1. The normalized spacial score (nSPS) is 11.4. The van der Waals surface area contributed by atoms with Crippen LogP contribution in [0.3, 0.4) is 0 Å². The maximum absolute atomic E-state index is 11.9. The van der Waals surface area contributed by atoms with Crippen LogP contribution in [-0.2, 0) is 4.79 Å². The molecule has 1 unspecified atom stereocenters. The average molecular weight is 307 g/mol. The Morgan fingerprint density at radius 1 is 1.19 bits per heavy atom. The average Bonchev–Trinajstić information content (AvgIpc) is 2.47. The quantitative estimate of drug-likeness (QED) is 0.731. The van der Waals surface area contributed by atoms with Crippen molar-refractivity contribution in [1.29, 1.82) is 0 Å². The molecule has 0 aromatic heterocycles. The Kier molecular flexibility index (Phi) is 6.81. The molecule has 0 heterocycles. The number of rotatable bonds is 5. The molecule has 21 heavy (non-hydrogen) atoms. The van der Waals surface area contributed by atoms with Crippen molar-refractivity contribution in [3.05, 3.63) is 29.8 Å².